The molecule has 0 atom stereocenters. The molecule has 0 saturated heterocycles. The Kier molecular flexibility index (Phi) is 6.96. The van der Waals surface area contributed by atoms with E-state index in [1.165, 1.54) is 17.4 Å². The first-order valence-corrected chi connectivity index (χ1v) is 9.63. The van der Waals surface area contributed by atoms with Crippen molar-refractivity contribution in [3.63, 3.8) is 0 Å². The molecule has 0 saturated carbocycles. The number of urea groups is 1. The summed E-state index contributed by atoms with van der Waals surface area (Å²) in [6, 6.07) is 13.8. The lowest BCUT2D eigenvalue weighted by Crippen LogP contribution is -2.28. The number of nitrogens with zero attached hydrogens (tertiary/aromatic N) is 1. The summed E-state index contributed by atoms with van der Waals surface area (Å²) in [6.07, 6.45) is 1.70. The summed E-state index contributed by atoms with van der Waals surface area (Å²) in [5.74, 6) is 0.145. The van der Waals surface area contributed by atoms with Crippen LogP contribution in [0.4, 0.5) is 18.7 Å². The fourth-order valence-electron chi connectivity index (χ4n) is 2.52. The number of hydrogen-bond donors (Lipinski definition) is 2. The van der Waals surface area contributed by atoms with Gasteiger partial charge in [0.1, 0.15) is 0 Å². The van der Waals surface area contributed by atoms with Crippen molar-refractivity contribution in [3.05, 3.63) is 60.3 Å². The predicted molar refractivity (Wildman–Crippen MR) is 108 cm³/mol. The first kappa shape index (κ1) is 20.5. The number of nitrogens with one attached hydrogen (secondary N) is 2. The van der Waals surface area contributed by atoms with Crippen molar-refractivity contribution >= 4 is 22.5 Å². The Morgan fingerprint density at radius 3 is 2.69 bits per heavy atom. The number of aromatic nitrogens is 1. The standard InChI is InChI=1S/C20H19F2N3O3S/c1-2-27-16-10-13(8-9-15(16)28-18(21)22)11-23-19(26)25-20-24-12-17(29-20)14-6-4-3-5-7-14/h3-10,12,18H,2,11H2,1H3,(H2,23,24,25,26). The van der Waals surface area contributed by atoms with Crippen molar-refractivity contribution < 1.29 is 23.0 Å². The van der Waals surface area contributed by atoms with Gasteiger partial charge in [-0.2, -0.15) is 8.78 Å². The van der Waals surface area contributed by atoms with E-state index in [0.717, 1.165) is 10.4 Å². The van der Waals surface area contributed by atoms with Gasteiger partial charge in [-0.15, -0.1) is 0 Å². The Morgan fingerprint density at radius 1 is 1.17 bits per heavy atom. The topological polar surface area (TPSA) is 72.5 Å². The van der Waals surface area contributed by atoms with E-state index < -0.39 is 12.6 Å². The molecule has 2 amide bonds. The Hall–Kier alpha value is -3.20. The fourth-order valence-corrected chi connectivity index (χ4v) is 3.33. The van der Waals surface area contributed by atoms with Gasteiger partial charge in [0.25, 0.3) is 0 Å². The average molecular weight is 419 g/mol. The number of hydrogen-bond acceptors (Lipinski definition) is 5. The number of halogens is 2. The normalized spacial score (nSPS) is 10.6. The Balaban J connectivity index is 1.58. The van der Waals surface area contributed by atoms with E-state index in [4.69, 9.17) is 4.74 Å². The van der Waals surface area contributed by atoms with E-state index in [1.807, 2.05) is 30.3 Å². The highest BCUT2D eigenvalue weighted by Gasteiger charge is 2.12. The van der Waals surface area contributed by atoms with Crippen LogP contribution in [0.5, 0.6) is 11.5 Å². The zero-order valence-electron chi connectivity index (χ0n) is 15.5. The predicted octanol–water partition coefficient (Wildman–Crippen LogP) is 5.13. The van der Waals surface area contributed by atoms with Gasteiger partial charge in [0.2, 0.25) is 0 Å². The second-order valence-corrected chi connectivity index (χ2v) is 6.83. The maximum absolute atomic E-state index is 12.5. The highest BCUT2D eigenvalue weighted by Crippen LogP contribution is 2.30. The summed E-state index contributed by atoms with van der Waals surface area (Å²) in [7, 11) is 0. The maximum Gasteiger partial charge on any atom is 0.387 e. The van der Waals surface area contributed by atoms with Gasteiger partial charge in [-0.1, -0.05) is 47.7 Å². The van der Waals surface area contributed by atoms with E-state index in [-0.39, 0.29) is 18.0 Å². The molecule has 9 heteroatoms. The maximum atomic E-state index is 12.5. The molecule has 3 aromatic rings. The van der Waals surface area contributed by atoms with E-state index in [9.17, 15) is 13.6 Å². The highest BCUT2D eigenvalue weighted by atomic mass is 32.1. The van der Waals surface area contributed by atoms with Gasteiger partial charge >= 0.3 is 12.6 Å². The largest absolute Gasteiger partial charge is 0.490 e. The zero-order valence-corrected chi connectivity index (χ0v) is 16.3. The summed E-state index contributed by atoms with van der Waals surface area (Å²) >= 11 is 1.36. The van der Waals surface area contributed by atoms with Crippen molar-refractivity contribution in [2.75, 3.05) is 11.9 Å². The number of rotatable bonds is 8. The van der Waals surface area contributed by atoms with Gasteiger partial charge in [-0.05, 0) is 30.2 Å². The van der Waals surface area contributed by atoms with Crippen LogP contribution >= 0.6 is 11.3 Å². The Bertz CT molecular complexity index is 951. The minimum atomic E-state index is -2.94. The van der Waals surface area contributed by atoms with E-state index >= 15 is 0 Å². The molecule has 0 aliphatic heterocycles. The number of carbonyl (C=O) groups excluding carboxylic acids is 1. The second-order valence-electron chi connectivity index (χ2n) is 5.80. The molecule has 0 radical (unpaired) electrons. The minimum Gasteiger partial charge on any atom is -0.490 e. The first-order chi connectivity index (χ1) is 14.0. The molecule has 1 heterocycles. The lowest BCUT2D eigenvalue weighted by Gasteiger charge is -2.13. The molecule has 1 aromatic heterocycles. The molecule has 0 aliphatic carbocycles. The van der Waals surface area contributed by atoms with Crippen LogP contribution in [0.15, 0.2) is 54.7 Å². The van der Waals surface area contributed by atoms with Crippen LogP contribution in [0.3, 0.4) is 0 Å². The number of amides is 2. The molecule has 0 bridgehead atoms. The summed E-state index contributed by atoms with van der Waals surface area (Å²) in [5, 5.41) is 5.85. The van der Waals surface area contributed by atoms with Gasteiger partial charge in [-0.3, -0.25) is 5.32 Å². The Morgan fingerprint density at radius 2 is 1.97 bits per heavy atom. The fraction of sp³-hybridized carbons (Fsp3) is 0.200. The van der Waals surface area contributed by atoms with Gasteiger partial charge in [0.15, 0.2) is 16.6 Å². The van der Waals surface area contributed by atoms with Gasteiger partial charge < -0.3 is 14.8 Å². The minimum absolute atomic E-state index is 0.0497. The van der Waals surface area contributed by atoms with E-state index in [1.54, 1.807) is 25.3 Å². The average Bonchev–Trinajstić information content (AvgIpc) is 3.17. The third-order valence-corrected chi connectivity index (χ3v) is 4.72. The summed E-state index contributed by atoms with van der Waals surface area (Å²) < 4.78 is 34.7. The molecule has 152 valence electrons. The summed E-state index contributed by atoms with van der Waals surface area (Å²) in [4.78, 5) is 17.3. The van der Waals surface area contributed by atoms with Crippen LogP contribution in [0.1, 0.15) is 12.5 Å². The van der Waals surface area contributed by atoms with Crippen LogP contribution in [0.25, 0.3) is 10.4 Å². The molecule has 2 N–H and O–H groups in total. The second kappa shape index (κ2) is 9.83. The molecule has 0 spiro atoms. The quantitative estimate of drug-likeness (QED) is 0.531. The molecule has 3 rings (SSSR count). The van der Waals surface area contributed by atoms with Crippen molar-refractivity contribution in [1.29, 1.82) is 0 Å². The summed E-state index contributed by atoms with van der Waals surface area (Å²) in [5.41, 5.74) is 1.70. The molecule has 0 fully saturated rings. The van der Waals surface area contributed by atoms with E-state index in [0.29, 0.717) is 17.3 Å². The number of carbonyl (C=O) groups is 1. The van der Waals surface area contributed by atoms with Crippen LogP contribution in [0, 0.1) is 0 Å². The third kappa shape index (κ3) is 5.89. The smallest absolute Gasteiger partial charge is 0.387 e. The molecular weight excluding hydrogens is 400 g/mol. The molecule has 6 nitrogen and oxygen atoms in total. The molecule has 2 aromatic carbocycles. The number of ether oxygens (including phenoxy) is 2. The first-order valence-electron chi connectivity index (χ1n) is 8.81. The van der Waals surface area contributed by atoms with Crippen molar-refractivity contribution in [2.45, 2.75) is 20.1 Å². The molecule has 29 heavy (non-hydrogen) atoms. The SMILES string of the molecule is CCOc1cc(CNC(=O)Nc2ncc(-c3ccccc3)s2)ccc1OC(F)F. The number of benzene rings is 2. The van der Waals surface area contributed by atoms with Gasteiger partial charge in [0, 0.05) is 12.7 Å². The Labute approximate surface area is 170 Å². The summed E-state index contributed by atoms with van der Waals surface area (Å²) in [6.45, 7) is -0.729. The molecule has 0 aliphatic rings. The van der Waals surface area contributed by atoms with Gasteiger partial charge in [0.05, 0.1) is 11.5 Å². The third-order valence-electron chi connectivity index (χ3n) is 3.76. The van der Waals surface area contributed by atoms with Gasteiger partial charge in [-0.25, -0.2) is 9.78 Å². The van der Waals surface area contributed by atoms with Crippen LogP contribution in [-0.2, 0) is 6.54 Å². The van der Waals surface area contributed by atoms with Crippen LogP contribution < -0.4 is 20.1 Å². The van der Waals surface area contributed by atoms with Crippen LogP contribution in [-0.4, -0.2) is 24.2 Å². The lowest BCUT2D eigenvalue weighted by atomic mass is 10.2. The number of anilines is 1. The van der Waals surface area contributed by atoms with Crippen LogP contribution in [0.2, 0.25) is 0 Å². The van der Waals surface area contributed by atoms with Crippen molar-refractivity contribution in [2.24, 2.45) is 0 Å². The monoisotopic (exact) mass is 419 g/mol. The lowest BCUT2D eigenvalue weighted by molar-refractivity contribution is -0.0514. The molecular formula is C20H19F2N3O3S. The zero-order chi connectivity index (χ0) is 20.6. The highest BCUT2D eigenvalue weighted by molar-refractivity contribution is 7.19. The number of alkyl halides is 2. The van der Waals surface area contributed by atoms with Crippen molar-refractivity contribution in [3.8, 4) is 21.9 Å². The van der Waals surface area contributed by atoms with E-state index in [2.05, 4.69) is 20.4 Å². The molecule has 0 unspecified atom stereocenters. The number of thiazole rings is 1. The van der Waals surface area contributed by atoms with Crippen molar-refractivity contribution in [1.82, 2.24) is 10.3 Å².